The lowest BCUT2D eigenvalue weighted by Crippen LogP contribution is -2.41. The number of furan rings is 1. The van der Waals surface area contributed by atoms with Gasteiger partial charge in [0.15, 0.2) is 5.76 Å². The molecule has 0 spiro atoms. The number of rotatable bonds is 5. The highest BCUT2D eigenvalue weighted by Crippen LogP contribution is 2.29. The van der Waals surface area contributed by atoms with E-state index in [0.717, 1.165) is 6.42 Å². The molecule has 174 valence electrons. The van der Waals surface area contributed by atoms with E-state index in [1.165, 1.54) is 7.11 Å². The number of hydrogen-bond donors (Lipinski definition) is 3. The van der Waals surface area contributed by atoms with Gasteiger partial charge in [-0.25, -0.2) is 5.43 Å². The molecule has 3 N–H and O–H groups in total. The van der Waals surface area contributed by atoms with Gasteiger partial charge in [0.25, 0.3) is 11.8 Å². The van der Waals surface area contributed by atoms with Gasteiger partial charge in [-0.2, -0.15) is 5.10 Å². The van der Waals surface area contributed by atoms with E-state index >= 15 is 0 Å². The number of hydrazine groups is 1. The van der Waals surface area contributed by atoms with Gasteiger partial charge in [-0.05, 0) is 44.0 Å². The van der Waals surface area contributed by atoms with Crippen LogP contribution in [-0.4, -0.2) is 30.5 Å². The predicted molar refractivity (Wildman–Crippen MR) is 125 cm³/mol. The maximum absolute atomic E-state index is 12.8. The summed E-state index contributed by atoms with van der Waals surface area (Å²) in [5.74, 6) is -0.351. The number of benzene rings is 2. The molecular weight excluding hydrogens is 436 g/mol. The molecule has 4 rings (SSSR count). The molecule has 34 heavy (non-hydrogen) atoms. The van der Waals surface area contributed by atoms with Crippen LogP contribution in [0.2, 0.25) is 0 Å². The van der Waals surface area contributed by atoms with Crippen LogP contribution in [0.5, 0.6) is 5.75 Å². The molecule has 0 atom stereocenters. The molecule has 3 aromatic rings. The van der Waals surface area contributed by atoms with Crippen LogP contribution >= 0.6 is 0 Å². The molecule has 2 aromatic carbocycles. The van der Waals surface area contributed by atoms with Crippen molar-refractivity contribution < 1.29 is 23.5 Å². The van der Waals surface area contributed by atoms with E-state index in [-0.39, 0.29) is 17.2 Å². The second kappa shape index (κ2) is 10.0. The number of ether oxygens (including phenoxy) is 1. The fourth-order valence-electron chi connectivity index (χ4n) is 3.84. The van der Waals surface area contributed by atoms with Crippen molar-refractivity contribution in [1.82, 2.24) is 16.3 Å². The maximum atomic E-state index is 12.8. The van der Waals surface area contributed by atoms with Gasteiger partial charge in [0.1, 0.15) is 11.5 Å². The second-order valence-corrected chi connectivity index (χ2v) is 7.68. The number of hydrogen-bond acceptors (Lipinski definition) is 6. The zero-order valence-corrected chi connectivity index (χ0v) is 18.8. The topological polar surface area (TPSA) is 122 Å². The van der Waals surface area contributed by atoms with E-state index in [0.29, 0.717) is 46.8 Å². The molecule has 0 saturated carbocycles. The fraction of sp³-hybridized carbons (Fsp3) is 0.200. The van der Waals surface area contributed by atoms with E-state index in [2.05, 4.69) is 21.4 Å². The molecular formula is C25H24N4O5. The SMILES string of the molecule is COc1ccccc1C(=O)NNC(=O)c1oc2c(c1C)/C(=N/NC(=O)c1ccccc1)CCC2. The highest BCUT2D eigenvalue weighted by Gasteiger charge is 2.28. The standard InChI is InChI=1S/C25H24N4O5/c1-15-21-18(26-27-23(30)16-9-4-3-5-10-16)12-8-14-20(21)34-22(15)25(32)29-28-24(31)17-11-6-7-13-19(17)33-2/h3-7,9-11,13H,8,12,14H2,1-2H3,(H,27,30)(H,28,31)(H,29,32)/b26-18+. The lowest BCUT2D eigenvalue weighted by molar-refractivity contribution is 0.0827. The summed E-state index contributed by atoms with van der Waals surface area (Å²) in [5, 5.41) is 4.31. The van der Waals surface area contributed by atoms with Gasteiger partial charge in [-0.1, -0.05) is 30.3 Å². The van der Waals surface area contributed by atoms with Gasteiger partial charge in [0, 0.05) is 23.1 Å². The number of nitrogens with one attached hydrogen (secondary N) is 3. The average molecular weight is 460 g/mol. The van der Waals surface area contributed by atoms with Crippen molar-refractivity contribution in [2.45, 2.75) is 26.2 Å². The van der Waals surface area contributed by atoms with Crippen molar-refractivity contribution in [3.8, 4) is 5.75 Å². The lowest BCUT2D eigenvalue weighted by atomic mass is 9.93. The summed E-state index contributed by atoms with van der Waals surface area (Å²) in [5.41, 5.74) is 10.1. The number of aryl methyl sites for hydroxylation is 1. The van der Waals surface area contributed by atoms with Gasteiger partial charge in [-0.15, -0.1) is 0 Å². The monoisotopic (exact) mass is 460 g/mol. The summed E-state index contributed by atoms with van der Waals surface area (Å²) in [4.78, 5) is 37.6. The molecule has 1 heterocycles. The van der Waals surface area contributed by atoms with Gasteiger partial charge >= 0.3 is 5.91 Å². The molecule has 1 aromatic heterocycles. The Labute approximate surface area is 196 Å². The van der Waals surface area contributed by atoms with Crippen molar-refractivity contribution >= 4 is 23.4 Å². The third kappa shape index (κ3) is 4.68. The van der Waals surface area contributed by atoms with Crippen molar-refractivity contribution in [3.63, 3.8) is 0 Å². The van der Waals surface area contributed by atoms with Gasteiger partial charge in [0.05, 0.1) is 18.4 Å². The molecule has 9 nitrogen and oxygen atoms in total. The summed E-state index contributed by atoms with van der Waals surface area (Å²) < 4.78 is 11.0. The van der Waals surface area contributed by atoms with Crippen molar-refractivity contribution in [2.75, 3.05) is 7.11 Å². The maximum Gasteiger partial charge on any atom is 0.305 e. The normalized spacial score (nSPS) is 13.6. The Morgan fingerprint density at radius 1 is 0.912 bits per heavy atom. The molecule has 0 unspecified atom stereocenters. The van der Waals surface area contributed by atoms with Crippen molar-refractivity contribution in [2.24, 2.45) is 5.10 Å². The molecule has 0 saturated heterocycles. The number of hydrazone groups is 1. The van der Waals surface area contributed by atoms with Gasteiger partial charge in [0.2, 0.25) is 0 Å². The largest absolute Gasteiger partial charge is 0.496 e. The summed E-state index contributed by atoms with van der Waals surface area (Å²) in [6.07, 6.45) is 2.04. The van der Waals surface area contributed by atoms with Crippen LogP contribution in [0.1, 0.15) is 61.0 Å². The molecule has 0 radical (unpaired) electrons. The Balaban J connectivity index is 1.48. The van der Waals surface area contributed by atoms with Crippen LogP contribution in [0.15, 0.2) is 64.1 Å². The predicted octanol–water partition coefficient (Wildman–Crippen LogP) is 3.14. The minimum Gasteiger partial charge on any atom is -0.496 e. The quantitative estimate of drug-likeness (QED) is 0.505. The first kappa shape index (κ1) is 22.8. The van der Waals surface area contributed by atoms with Gasteiger partial charge in [-0.3, -0.25) is 25.2 Å². The summed E-state index contributed by atoms with van der Waals surface area (Å²) in [7, 11) is 1.46. The number of nitrogens with zero attached hydrogens (tertiary/aromatic N) is 1. The van der Waals surface area contributed by atoms with E-state index < -0.39 is 11.8 Å². The molecule has 1 aliphatic rings. The number of carbonyl (C=O) groups is 3. The molecule has 0 bridgehead atoms. The third-order valence-electron chi connectivity index (χ3n) is 5.50. The van der Waals surface area contributed by atoms with E-state index in [1.807, 2.05) is 6.07 Å². The van der Waals surface area contributed by atoms with Crippen LogP contribution in [-0.2, 0) is 6.42 Å². The highest BCUT2D eigenvalue weighted by atomic mass is 16.5. The Morgan fingerprint density at radius 2 is 1.62 bits per heavy atom. The van der Waals surface area contributed by atoms with E-state index in [9.17, 15) is 14.4 Å². The number of carbonyl (C=O) groups excluding carboxylic acids is 3. The first-order valence-electron chi connectivity index (χ1n) is 10.8. The smallest absolute Gasteiger partial charge is 0.305 e. The summed E-state index contributed by atoms with van der Waals surface area (Å²) in [6, 6.07) is 15.5. The summed E-state index contributed by atoms with van der Waals surface area (Å²) >= 11 is 0. The molecule has 0 aliphatic heterocycles. The number of methoxy groups -OCH3 is 1. The molecule has 3 amide bonds. The number of fused-ring (bicyclic) bond motifs is 1. The Bertz CT molecular complexity index is 1260. The van der Waals surface area contributed by atoms with Gasteiger partial charge < -0.3 is 9.15 Å². The van der Waals surface area contributed by atoms with Crippen LogP contribution < -0.4 is 21.0 Å². The molecule has 1 aliphatic carbocycles. The minimum atomic E-state index is -0.595. The van der Waals surface area contributed by atoms with Crippen molar-refractivity contribution in [1.29, 1.82) is 0 Å². The molecule has 0 fully saturated rings. The average Bonchev–Trinajstić information content (AvgIpc) is 3.23. The number of amides is 3. The summed E-state index contributed by atoms with van der Waals surface area (Å²) in [6.45, 7) is 1.75. The van der Waals surface area contributed by atoms with E-state index in [1.54, 1.807) is 55.5 Å². The van der Waals surface area contributed by atoms with E-state index in [4.69, 9.17) is 9.15 Å². The zero-order chi connectivity index (χ0) is 24.1. The first-order chi connectivity index (χ1) is 16.5. The first-order valence-corrected chi connectivity index (χ1v) is 10.8. The number of para-hydroxylation sites is 1. The van der Waals surface area contributed by atoms with Crippen LogP contribution in [0.25, 0.3) is 0 Å². The lowest BCUT2D eigenvalue weighted by Gasteiger charge is -2.13. The minimum absolute atomic E-state index is 0.0781. The Kier molecular flexibility index (Phi) is 6.72. The zero-order valence-electron chi connectivity index (χ0n) is 18.8. The Morgan fingerprint density at radius 3 is 2.38 bits per heavy atom. The third-order valence-corrected chi connectivity index (χ3v) is 5.50. The van der Waals surface area contributed by atoms with Crippen LogP contribution in [0.3, 0.4) is 0 Å². The highest BCUT2D eigenvalue weighted by molar-refractivity contribution is 6.07. The second-order valence-electron chi connectivity index (χ2n) is 7.68. The van der Waals surface area contributed by atoms with Crippen LogP contribution in [0.4, 0.5) is 0 Å². The Hall–Kier alpha value is -4.40. The fourth-order valence-corrected chi connectivity index (χ4v) is 3.84. The van der Waals surface area contributed by atoms with Crippen LogP contribution in [0, 0.1) is 6.92 Å². The molecule has 9 heteroatoms. The van der Waals surface area contributed by atoms with Crippen molar-refractivity contribution in [3.05, 3.63) is 88.4 Å².